The lowest BCUT2D eigenvalue weighted by molar-refractivity contribution is -0.117. The van der Waals surface area contributed by atoms with Gasteiger partial charge in [0, 0.05) is 20.4 Å². The monoisotopic (exact) mass is 248 g/mol. The van der Waals surface area contributed by atoms with E-state index in [0.717, 1.165) is 18.5 Å². The highest BCUT2D eigenvalue weighted by Gasteiger charge is 2.11. The maximum atomic E-state index is 11.7. The Morgan fingerprint density at radius 1 is 1.28 bits per heavy atom. The van der Waals surface area contributed by atoms with E-state index in [4.69, 9.17) is 0 Å². The van der Waals surface area contributed by atoms with Crippen molar-refractivity contribution in [1.82, 2.24) is 0 Å². The minimum absolute atomic E-state index is 0.0127. The average Bonchev–Trinajstić information content (AvgIpc) is 2.36. The number of hydrogen-bond acceptors (Lipinski definition) is 2. The predicted octanol–water partition coefficient (Wildman–Crippen LogP) is 2.80. The molecular weight excluding hydrogens is 228 g/mol. The number of nitrogens with one attached hydrogen (secondary N) is 1. The van der Waals surface area contributed by atoms with Crippen LogP contribution < -0.4 is 10.2 Å². The van der Waals surface area contributed by atoms with E-state index in [1.54, 1.807) is 13.1 Å². The van der Waals surface area contributed by atoms with Gasteiger partial charge in [0.05, 0.1) is 11.4 Å². The number of nitrogens with zero attached hydrogens (tertiary/aromatic N) is 1. The SMILES string of the molecule is CCCCC(=O)Nc1ccccc1N(C)C(C)=O. The largest absolute Gasteiger partial charge is 0.324 e. The summed E-state index contributed by atoms with van der Waals surface area (Å²) in [5, 5.41) is 2.85. The second-order valence-electron chi connectivity index (χ2n) is 4.25. The summed E-state index contributed by atoms with van der Waals surface area (Å²) in [6.45, 7) is 3.54. The molecule has 0 atom stereocenters. The number of carbonyl (C=O) groups excluding carboxylic acids is 2. The molecular formula is C14H20N2O2. The van der Waals surface area contributed by atoms with Crippen molar-refractivity contribution in [3.05, 3.63) is 24.3 Å². The standard InChI is InChI=1S/C14H20N2O2/c1-4-5-10-14(18)15-12-8-6-7-9-13(12)16(3)11(2)17/h6-9H,4-5,10H2,1-3H3,(H,15,18). The molecule has 98 valence electrons. The lowest BCUT2D eigenvalue weighted by Crippen LogP contribution is -2.24. The summed E-state index contributed by atoms with van der Waals surface area (Å²) in [6.07, 6.45) is 2.37. The molecule has 0 aliphatic carbocycles. The van der Waals surface area contributed by atoms with Gasteiger partial charge in [-0.3, -0.25) is 9.59 Å². The van der Waals surface area contributed by atoms with Crippen LogP contribution in [0.3, 0.4) is 0 Å². The quantitative estimate of drug-likeness (QED) is 0.871. The molecule has 4 heteroatoms. The Hall–Kier alpha value is -1.84. The number of para-hydroxylation sites is 2. The third-order valence-electron chi connectivity index (χ3n) is 2.77. The van der Waals surface area contributed by atoms with Crippen LogP contribution >= 0.6 is 0 Å². The first kappa shape index (κ1) is 14.2. The molecule has 2 amide bonds. The number of unbranched alkanes of at least 4 members (excludes halogenated alkanes) is 1. The van der Waals surface area contributed by atoms with Crippen molar-refractivity contribution >= 4 is 23.2 Å². The van der Waals surface area contributed by atoms with Gasteiger partial charge in [-0.1, -0.05) is 25.5 Å². The first-order chi connectivity index (χ1) is 8.56. The highest BCUT2D eigenvalue weighted by atomic mass is 16.2. The summed E-state index contributed by atoms with van der Waals surface area (Å²) in [6, 6.07) is 7.30. The van der Waals surface area contributed by atoms with Crippen LogP contribution in [0.15, 0.2) is 24.3 Å². The van der Waals surface area contributed by atoms with Crippen LogP contribution in [0.4, 0.5) is 11.4 Å². The van der Waals surface area contributed by atoms with Crippen molar-refractivity contribution in [2.24, 2.45) is 0 Å². The van der Waals surface area contributed by atoms with E-state index in [0.29, 0.717) is 12.1 Å². The molecule has 0 saturated heterocycles. The molecule has 0 unspecified atom stereocenters. The third kappa shape index (κ3) is 3.87. The van der Waals surface area contributed by atoms with Gasteiger partial charge in [0.25, 0.3) is 0 Å². The van der Waals surface area contributed by atoms with E-state index >= 15 is 0 Å². The highest BCUT2D eigenvalue weighted by molar-refractivity contribution is 5.99. The van der Waals surface area contributed by atoms with Crippen LogP contribution in [0.2, 0.25) is 0 Å². The maximum absolute atomic E-state index is 11.7. The van der Waals surface area contributed by atoms with Crippen molar-refractivity contribution in [1.29, 1.82) is 0 Å². The normalized spacial score (nSPS) is 9.94. The molecule has 0 aliphatic heterocycles. The molecule has 1 aromatic carbocycles. The molecule has 0 heterocycles. The Labute approximate surface area is 108 Å². The molecule has 4 nitrogen and oxygen atoms in total. The first-order valence-electron chi connectivity index (χ1n) is 6.19. The zero-order valence-electron chi connectivity index (χ0n) is 11.2. The number of carbonyl (C=O) groups is 2. The number of benzene rings is 1. The fourth-order valence-electron chi connectivity index (χ4n) is 1.59. The van der Waals surface area contributed by atoms with Gasteiger partial charge in [0.1, 0.15) is 0 Å². The van der Waals surface area contributed by atoms with E-state index in [1.807, 2.05) is 25.1 Å². The molecule has 0 radical (unpaired) electrons. The number of amides is 2. The summed E-state index contributed by atoms with van der Waals surface area (Å²) in [5.74, 6) is -0.0773. The van der Waals surface area contributed by atoms with Gasteiger partial charge in [0.15, 0.2) is 0 Å². The second-order valence-corrected chi connectivity index (χ2v) is 4.25. The molecule has 0 aliphatic rings. The van der Waals surface area contributed by atoms with Gasteiger partial charge >= 0.3 is 0 Å². The lowest BCUT2D eigenvalue weighted by atomic mass is 10.2. The lowest BCUT2D eigenvalue weighted by Gasteiger charge is -2.19. The zero-order chi connectivity index (χ0) is 13.5. The predicted molar refractivity (Wildman–Crippen MR) is 73.7 cm³/mol. The maximum Gasteiger partial charge on any atom is 0.224 e. The van der Waals surface area contributed by atoms with Crippen molar-refractivity contribution in [2.45, 2.75) is 33.1 Å². The average molecular weight is 248 g/mol. The van der Waals surface area contributed by atoms with Crippen molar-refractivity contribution in [3.8, 4) is 0 Å². The van der Waals surface area contributed by atoms with Gasteiger partial charge < -0.3 is 10.2 Å². The fourth-order valence-corrected chi connectivity index (χ4v) is 1.59. The van der Waals surface area contributed by atoms with Gasteiger partial charge in [-0.15, -0.1) is 0 Å². The molecule has 0 aromatic heterocycles. The summed E-state index contributed by atoms with van der Waals surface area (Å²) in [5.41, 5.74) is 1.39. The van der Waals surface area contributed by atoms with E-state index in [2.05, 4.69) is 5.32 Å². The minimum atomic E-state index is -0.0646. The van der Waals surface area contributed by atoms with Crippen LogP contribution in [-0.4, -0.2) is 18.9 Å². The van der Waals surface area contributed by atoms with Crippen molar-refractivity contribution < 1.29 is 9.59 Å². The molecule has 1 aromatic rings. The van der Waals surface area contributed by atoms with Crippen LogP contribution in [-0.2, 0) is 9.59 Å². The van der Waals surface area contributed by atoms with Crippen molar-refractivity contribution in [2.75, 3.05) is 17.3 Å². The van der Waals surface area contributed by atoms with Gasteiger partial charge in [-0.25, -0.2) is 0 Å². The molecule has 1 rings (SSSR count). The van der Waals surface area contributed by atoms with E-state index in [-0.39, 0.29) is 11.8 Å². The van der Waals surface area contributed by atoms with Crippen LogP contribution in [0.1, 0.15) is 33.1 Å². The summed E-state index contributed by atoms with van der Waals surface area (Å²) in [4.78, 5) is 24.6. The van der Waals surface area contributed by atoms with E-state index < -0.39 is 0 Å². The Kier molecular flexibility index (Phi) is 5.36. The second kappa shape index (κ2) is 6.79. The van der Waals surface area contributed by atoms with Crippen LogP contribution in [0.5, 0.6) is 0 Å². The molecule has 18 heavy (non-hydrogen) atoms. The van der Waals surface area contributed by atoms with Crippen LogP contribution in [0, 0.1) is 0 Å². The Morgan fingerprint density at radius 3 is 2.56 bits per heavy atom. The number of hydrogen-bond donors (Lipinski definition) is 1. The van der Waals surface area contributed by atoms with Crippen molar-refractivity contribution in [3.63, 3.8) is 0 Å². The summed E-state index contributed by atoms with van der Waals surface area (Å²) in [7, 11) is 1.69. The zero-order valence-corrected chi connectivity index (χ0v) is 11.2. The topological polar surface area (TPSA) is 49.4 Å². The number of rotatable bonds is 5. The smallest absolute Gasteiger partial charge is 0.224 e. The Balaban J connectivity index is 2.82. The molecule has 0 fully saturated rings. The highest BCUT2D eigenvalue weighted by Crippen LogP contribution is 2.24. The summed E-state index contributed by atoms with van der Waals surface area (Å²) < 4.78 is 0. The minimum Gasteiger partial charge on any atom is -0.324 e. The first-order valence-corrected chi connectivity index (χ1v) is 6.19. The number of anilines is 2. The molecule has 0 bridgehead atoms. The van der Waals surface area contributed by atoms with E-state index in [9.17, 15) is 9.59 Å². The summed E-state index contributed by atoms with van der Waals surface area (Å²) >= 11 is 0. The third-order valence-corrected chi connectivity index (χ3v) is 2.77. The fraction of sp³-hybridized carbons (Fsp3) is 0.429. The molecule has 0 saturated carbocycles. The van der Waals surface area contributed by atoms with E-state index in [1.165, 1.54) is 11.8 Å². The van der Waals surface area contributed by atoms with Gasteiger partial charge in [-0.05, 0) is 18.6 Å². The van der Waals surface area contributed by atoms with Crippen LogP contribution in [0.25, 0.3) is 0 Å². The molecule has 1 N–H and O–H groups in total. The Morgan fingerprint density at radius 2 is 1.94 bits per heavy atom. The van der Waals surface area contributed by atoms with Gasteiger partial charge in [-0.2, -0.15) is 0 Å². The molecule has 0 spiro atoms. The Bertz CT molecular complexity index is 430. The van der Waals surface area contributed by atoms with Gasteiger partial charge in [0.2, 0.25) is 11.8 Å².